The van der Waals surface area contributed by atoms with Crippen molar-refractivity contribution in [2.45, 2.75) is 77.2 Å². The van der Waals surface area contributed by atoms with Gasteiger partial charge in [0.1, 0.15) is 24.0 Å². The van der Waals surface area contributed by atoms with Gasteiger partial charge in [0.05, 0.1) is 27.3 Å². The topological polar surface area (TPSA) is 165 Å². The lowest BCUT2D eigenvalue weighted by Crippen LogP contribution is -2.74. The number of nitriles is 1. The first kappa shape index (κ1) is 42.2. The summed E-state index contributed by atoms with van der Waals surface area (Å²) in [5, 5.41) is 15.1. The number of amides is 5. The van der Waals surface area contributed by atoms with E-state index in [0.717, 1.165) is 61.8 Å². The molecule has 2 N–H and O–H groups in total. The van der Waals surface area contributed by atoms with E-state index in [4.69, 9.17) is 21.1 Å². The van der Waals surface area contributed by atoms with Crippen molar-refractivity contribution >= 4 is 52.5 Å². The number of hydrogen-bond donors (Lipinski definition) is 2. The van der Waals surface area contributed by atoms with Crippen LogP contribution >= 0.6 is 11.6 Å². The first-order valence-corrected chi connectivity index (χ1v) is 21.3. The molecule has 14 nitrogen and oxygen atoms in total. The van der Waals surface area contributed by atoms with Crippen molar-refractivity contribution in [3.8, 4) is 11.8 Å². The normalized spacial score (nSPS) is 24.4. The van der Waals surface area contributed by atoms with Gasteiger partial charge in [-0.2, -0.15) is 5.26 Å². The van der Waals surface area contributed by atoms with Gasteiger partial charge in [-0.25, -0.2) is 0 Å². The lowest BCUT2D eigenvalue weighted by Gasteiger charge is -2.63. The summed E-state index contributed by atoms with van der Waals surface area (Å²) in [5.74, 6) is -1.58. The molecule has 4 aliphatic heterocycles. The van der Waals surface area contributed by atoms with E-state index in [9.17, 15) is 29.2 Å². The van der Waals surface area contributed by atoms with Crippen molar-refractivity contribution in [2.24, 2.45) is 10.8 Å². The molecule has 0 bridgehead atoms. The second-order valence-electron chi connectivity index (χ2n) is 18.2. The number of fused-ring (bicyclic) bond motifs is 1. The zero-order valence-corrected chi connectivity index (χ0v) is 36.0. The summed E-state index contributed by atoms with van der Waals surface area (Å²) in [4.78, 5) is 72.3. The van der Waals surface area contributed by atoms with Crippen molar-refractivity contribution in [2.75, 3.05) is 62.7 Å². The maximum atomic E-state index is 13.6. The molecule has 1 unspecified atom stereocenters. The zero-order chi connectivity index (χ0) is 43.4. The Balaban J connectivity index is 0.817. The molecule has 61 heavy (non-hydrogen) atoms. The Morgan fingerprint density at radius 2 is 1.49 bits per heavy atom. The summed E-state index contributed by atoms with van der Waals surface area (Å²) in [6.45, 7) is 14.0. The van der Waals surface area contributed by atoms with Crippen molar-refractivity contribution in [3.05, 3.63) is 87.9 Å². The third kappa shape index (κ3) is 7.72. The van der Waals surface area contributed by atoms with E-state index in [1.54, 1.807) is 37.4 Å². The Bertz CT molecular complexity index is 2290. The van der Waals surface area contributed by atoms with Crippen LogP contribution in [-0.2, 0) is 14.3 Å². The molecule has 4 heterocycles. The second kappa shape index (κ2) is 16.1. The van der Waals surface area contributed by atoms with Gasteiger partial charge in [0.25, 0.3) is 17.7 Å². The number of carbonyl (C=O) groups excluding carboxylic acids is 5. The fraction of sp³-hybridized carbons (Fsp3) is 0.478. The van der Waals surface area contributed by atoms with Crippen LogP contribution < -0.4 is 25.2 Å². The van der Waals surface area contributed by atoms with E-state index < -0.39 is 29.7 Å². The van der Waals surface area contributed by atoms with Crippen LogP contribution in [0.2, 0.25) is 5.02 Å². The van der Waals surface area contributed by atoms with Crippen LogP contribution in [0.3, 0.4) is 0 Å². The van der Waals surface area contributed by atoms with Crippen LogP contribution in [0, 0.1) is 22.2 Å². The number of halogens is 1. The number of imide groups is 2. The summed E-state index contributed by atoms with van der Waals surface area (Å²) < 4.78 is 12.6. The fourth-order valence-electron chi connectivity index (χ4n) is 10.5. The SMILES string of the molecule is COC1(CN2CCN(c3ccc(C(=O)NC4C(C)(C)C(Oc5ccc(C#N)c(Cl)c5)C4(C)C)cc3)CC2)CCN(c2ccc3c(c2)C(=O)N(C2CCC(=O)NC2=O)C3=O)CC1. The standard InChI is InChI=1S/C46H52ClN7O7/c1-44(2)42(45(3,4)43(44)61-32-12-8-29(26-48)35(47)25-32)50-38(56)28-6-9-30(10-7-28)53-22-20-51(21-23-53)27-46(60-5)16-18-52(19-17-46)31-11-13-33-34(24-31)41(59)54(40(33)58)36-14-15-37(55)49-39(36)57/h6-13,24-25,36,42-43H,14-23,27H2,1-5H3,(H,50,56)(H,49,55,57). The number of piperazine rings is 1. The smallest absolute Gasteiger partial charge is 0.262 e. The number of ether oxygens (including phenoxy) is 2. The van der Waals surface area contributed by atoms with E-state index >= 15 is 0 Å². The van der Waals surface area contributed by atoms with Gasteiger partial charge in [-0.15, -0.1) is 0 Å². The lowest BCUT2D eigenvalue weighted by molar-refractivity contribution is -0.164. The predicted octanol–water partition coefficient (Wildman–Crippen LogP) is 5.03. The molecular formula is C46H52ClN7O7. The molecule has 320 valence electrons. The van der Waals surface area contributed by atoms with Gasteiger partial charge in [-0.05, 0) is 73.9 Å². The van der Waals surface area contributed by atoms with Crippen LogP contribution in [0.25, 0.3) is 0 Å². The average molecular weight is 850 g/mol. The predicted molar refractivity (Wildman–Crippen MR) is 229 cm³/mol. The number of nitrogens with one attached hydrogen (secondary N) is 2. The van der Waals surface area contributed by atoms with Gasteiger partial charge >= 0.3 is 0 Å². The molecule has 0 aromatic heterocycles. The van der Waals surface area contributed by atoms with Gasteiger partial charge in [-0.1, -0.05) is 39.3 Å². The fourth-order valence-corrected chi connectivity index (χ4v) is 10.7. The molecule has 1 saturated carbocycles. The summed E-state index contributed by atoms with van der Waals surface area (Å²) in [7, 11) is 1.78. The monoisotopic (exact) mass is 849 g/mol. The van der Waals surface area contributed by atoms with E-state index in [2.05, 4.69) is 59.1 Å². The van der Waals surface area contributed by atoms with Gasteiger partial charge in [0, 0.05) is 99.2 Å². The van der Waals surface area contributed by atoms with E-state index in [-0.39, 0.29) is 58.5 Å². The highest BCUT2D eigenvalue weighted by atomic mass is 35.5. The Kier molecular flexibility index (Phi) is 11.1. The summed E-state index contributed by atoms with van der Waals surface area (Å²) in [6, 6.07) is 19.1. The molecule has 3 aromatic rings. The molecule has 3 saturated heterocycles. The van der Waals surface area contributed by atoms with Gasteiger partial charge in [0.2, 0.25) is 11.8 Å². The Hall–Kier alpha value is -5.49. The lowest BCUT2D eigenvalue weighted by atomic mass is 9.49. The number of anilines is 2. The minimum atomic E-state index is -0.995. The second-order valence-corrected chi connectivity index (χ2v) is 18.6. The van der Waals surface area contributed by atoms with Crippen molar-refractivity contribution in [1.82, 2.24) is 20.4 Å². The van der Waals surface area contributed by atoms with Crippen LogP contribution in [0.5, 0.6) is 5.75 Å². The molecule has 5 amide bonds. The van der Waals surface area contributed by atoms with Crippen molar-refractivity contribution in [3.63, 3.8) is 0 Å². The molecule has 1 atom stereocenters. The largest absolute Gasteiger partial charge is 0.489 e. The molecule has 4 fully saturated rings. The molecular weight excluding hydrogens is 798 g/mol. The quantitative estimate of drug-likeness (QED) is 0.263. The third-order valence-corrected chi connectivity index (χ3v) is 14.0. The third-order valence-electron chi connectivity index (χ3n) is 13.7. The van der Waals surface area contributed by atoms with Crippen LogP contribution in [-0.4, -0.2) is 116 Å². The number of benzene rings is 3. The maximum Gasteiger partial charge on any atom is 0.262 e. The maximum absolute atomic E-state index is 13.6. The molecule has 5 aliphatic rings. The highest BCUT2D eigenvalue weighted by Crippen LogP contribution is 2.55. The van der Waals surface area contributed by atoms with Gasteiger partial charge < -0.3 is 24.6 Å². The minimum absolute atomic E-state index is 0.0776. The first-order chi connectivity index (χ1) is 29.0. The highest BCUT2D eigenvalue weighted by Gasteiger charge is 2.64. The van der Waals surface area contributed by atoms with Crippen LogP contribution in [0.4, 0.5) is 11.4 Å². The molecule has 0 spiro atoms. The summed E-state index contributed by atoms with van der Waals surface area (Å²) in [6.07, 6.45) is 1.58. The number of hydrogen-bond acceptors (Lipinski definition) is 11. The summed E-state index contributed by atoms with van der Waals surface area (Å²) >= 11 is 6.26. The van der Waals surface area contributed by atoms with Gasteiger partial charge in [0.15, 0.2) is 0 Å². The number of rotatable bonds is 10. The van der Waals surface area contributed by atoms with Crippen LogP contribution in [0.15, 0.2) is 60.7 Å². The first-order valence-electron chi connectivity index (χ1n) is 21.0. The number of nitrogens with zero attached hydrogens (tertiary/aromatic N) is 5. The van der Waals surface area contributed by atoms with E-state index in [0.29, 0.717) is 35.0 Å². The van der Waals surface area contributed by atoms with Crippen molar-refractivity contribution < 1.29 is 33.4 Å². The Morgan fingerprint density at radius 3 is 2.11 bits per heavy atom. The number of methoxy groups -OCH3 is 1. The number of piperidine rings is 2. The molecule has 1 aliphatic carbocycles. The minimum Gasteiger partial charge on any atom is -0.489 e. The van der Waals surface area contributed by atoms with Crippen LogP contribution in [0.1, 0.15) is 90.0 Å². The molecule has 8 rings (SSSR count). The number of carbonyl (C=O) groups is 5. The highest BCUT2D eigenvalue weighted by molar-refractivity contribution is 6.31. The van der Waals surface area contributed by atoms with E-state index in [1.165, 1.54) is 0 Å². The summed E-state index contributed by atoms with van der Waals surface area (Å²) in [5.41, 5.74) is 2.39. The molecule has 3 aromatic carbocycles. The van der Waals surface area contributed by atoms with Gasteiger partial charge in [-0.3, -0.25) is 39.1 Å². The zero-order valence-electron chi connectivity index (χ0n) is 35.3. The van der Waals surface area contributed by atoms with Crippen molar-refractivity contribution in [1.29, 1.82) is 5.26 Å². The average Bonchev–Trinajstić information content (AvgIpc) is 3.49. The molecule has 0 radical (unpaired) electrons. The molecule has 15 heteroatoms. The Morgan fingerprint density at radius 1 is 0.852 bits per heavy atom. The Labute approximate surface area is 361 Å². The van der Waals surface area contributed by atoms with E-state index in [1.807, 2.05) is 30.3 Å².